The monoisotopic (exact) mass is 334 g/mol. The number of anilines is 1. The van der Waals surface area contributed by atoms with Crippen LogP contribution in [0, 0.1) is 6.92 Å². The van der Waals surface area contributed by atoms with Crippen molar-refractivity contribution in [3.8, 4) is 11.3 Å². The van der Waals surface area contributed by atoms with Crippen molar-refractivity contribution in [2.45, 2.75) is 52.0 Å². The molecule has 1 aliphatic heterocycles. The zero-order valence-electron chi connectivity index (χ0n) is 15.1. The van der Waals surface area contributed by atoms with Crippen LogP contribution >= 0.6 is 0 Å². The van der Waals surface area contributed by atoms with Gasteiger partial charge in [-0.15, -0.1) is 0 Å². The highest BCUT2D eigenvalue weighted by Gasteiger charge is 2.25. The molecule has 1 saturated heterocycles. The molecule has 3 aromatic rings. The fraction of sp³-hybridized carbons (Fsp3) is 0.429. The lowest BCUT2D eigenvalue weighted by atomic mass is 9.98. The Kier molecular flexibility index (Phi) is 4.43. The molecule has 1 atom stereocenters. The molecule has 3 heterocycles. The average molecular weight is 334 g/mol. The third-order valence-electron chi connectivity index (χ3n) is 5.18. The van der Waals surface area contributed by atoms with Crippen molar-refractivity contribution in [1.29, 1.82) is 0 Å². The fourth-order valence-electron chi connectivity index (χ4n) is 4.00. The van der Waals surface area contributed by atoms with Gasteiger partial charge >= 0.3 is 0 Å². The van der Waals surface area contributed by atoms with E-state index in [0.717, 1.165) is 34.9 Å². The molecule has 0 aliphatic carbocycles. The SMILES string of the molecule is CCCC1CCCCN1c1nc(C)nc2cc(-c3ccccc3)[nH]c12. The van der Waals surface area contributed by atoms with Gasteiger partial charge in [-0.1, -0.05) is 43.7 Å². The predicted octanol–water partition coefficient (Wildman–Crippen LogP) is 5.09. The second kappa shape index (κ2) is 6.87. The maximum absolute atomic E-state index is 4.85. The van der Waals surface area contributed by atoms with Gasteiger partial charge in [0.2, 0.25) is 0 Å². The summed E-state index contributed by atoms with van der Waals surface area (Å²) < 4.78 is 0. The van der Waals surface area contributed by atoms with E-state index in [4.69, 9.17) is 4.98 Å². The molecule has 1 aromatic carbocycles. The summed E-state index contributed by atoms with van der Waals surface area (Å²) in [7, 11) is 0. The van der Waals surface area contributed by atoms with Crippen LogP contribution in [0.15, 0.2) is 36.4 Å². The van der Waals surface area contributed by atoms with Gasteiger partial charge in [-0.05, 0) is 44.2 Å². The van der Waals surface area contributed by atoms with Crippen LogP contribution in [0.3, 0.4) is 0 Å². The summed E-state index contributed by atoms with van der Waals surface area (Å²) in [5, 5.41) is 0. The molecular formula is C21H26N4. The first-order chi connectivity index (χ1) is 12.3. The normalized spacial score (nSPS) is 18.0. The summed E-state index contributed by atoms with van der Waals surface area (Å²) >= 11 is 0. The number of benzene rings is 1. The molecule has 1 N–H and O–H groups in total. The van der Waals surface area contributed by atoms with E-state index in [1.807, 2.05) is 13.0 Å². The van der Waals surface area contributed by atoms with Gasteiger partial charge in [0.1, 0.15) is 11.3 Å². The first kappa shape index (κ1) is 16.1. The first-order valence-electron chi connectivity index (χ1n) is 9.45. The Balaban J connectivity index is 1.81. The number of aromatic amines is 1. The molecular weight excluding hydrogens is 308 g/mol. The minimum atomic E-state index is 0.597. The quantitative estimate of drug-likeness (QED) is 0.722. The Labute approximate surface area is 149 Å². The number of piperidine rings is 1. The Morgan fingerprint density at radius 1 is 1.16 bits per heavy atom. The minimum Gasteiger partial charge on any atom is -0.352 e. The fourth-order valence-corrected chi connectivity index (χ4v) is 4.00. The van der Waals surface area contributed by atoms with Crippen LogP contribution in [0.25, 0.3) is 22.3 Å². The zero-order chi connectivity index (χ0) is 17.2. The highest BCUT2D eigenvalue weighted by Crippen LogP contribution is 2.33. The number of aromatic nitrogens is 3. The number of nitrogens with one attached hydrogen (secondary N) is 1. The predicted molar refractivity (Wildman–Crippen MR) is 104 cm³/mol. The van der Waals surface area contributed by atoms with Crippen molar-refractivity contribution >= 4 is 16.9 Å². The van der Waals surface area contributed by atoms with Crippen LogP contribution in [0.2, 0.25) is 0 Å². The molecule has 130 valence electrons. The van der Waals surface area contributed by atoms with E-state index >= 15 is 0 Å². The highest BCUT2D eigenvalue weighted by molar-refractivity contribution is 5.91. The summed E-state index contributed by atoms with van der Waals surface area (Å²) in [6, 6.07) is 13.2. The van der Waals surface area contributed by atoms with Gasteiger partial charge < -0.3 is 9.88 Å². The van der Waals surface area contributed by atoms with Gasteiger partial charge in [0, 0.05) is 18.3 Å². The topological polar surface area (TPSA) is 44.8 Å². The second-order valence-corrected chi connectivity index (χ2v) is 7.04. The molecule has 0 bridgehead atoms. The third kappa shape index (κ3) is 3.13. The number of rotatable bonds is 4. The van der Waals surface area contributed by atoms with E-state index in [0.29, 0.717) is 6.04 Å². The largest absolute Gasteiger partial charge is 0.352 e. The van der Waals surface area contributed by atoms with Crippen molar-refractivity contribution in [1.82, 2.24) is 15.0 Å². The smallest absolute Gasteiger partial charge is 0.157 e. The van der Waals surface area contributed by atoms with E-state index in [-0.39, 0.29) is 0 Å². The van der Waals surface area contributed by atoms with E-state index < -0.39 is 0 Å². The molecule has 0 amide bonds. The molecule has 0 spiro atoms. The maximum atomic E-state index is 4.85. The van der Waals surface area contributed by atoms with Crippen molar-refractivity contribution in [3.05, 3.63) is 42.2 Å². The molecule has 0 saturated carbocycles. The van der Waals surface area contributed by atoms with Crippen LogP contribution in [-0.4, -0.2) is 27.5 Å². The summed E-state index contributed by atoms with van der Waals surface area (Å²) in [4.78, 5) is 15.7. The van der Waals surface area contributed by atoms with Crippen molar-refractivity contribution in [2.24, 2.45) is 0 Å². The van der Waals surface area contributed by atoms with Crippen LogP contribution in [0.4, 0.5) is 5.82 Å². The number of hydrogen-bond acceptors (Lipinski definition) is 3. The number of fused-ring (bicyclic) bond motifs is 1. The summed E-state index contributed by atoms with van der Waals surface area (Å²) in [5.41, 5.74) is 4.39. The lowest BCUT2D eigenvalue weighted by molar-refractivity contribution is 0.432. The zero-order valence-corrected chi connectivity index (χ0v) is 15.1. The third-order valence-corrected chi connectivity index (χ3v) is 5.18. The lowest BCUT2D eigenvalue weighted by Gasteiger charge is -2.37. The Bertz CT molecular complexity index is 851. The summed E-state index contributed by atoms with van der Waals surface area (Å²) in [5.74, 6) is 1.93. The van der Waals surface area contributed by atoms with E-state index in [1.54, 1.807) is 0 Å². The van der Waals surface area contributed by atoms with Crippen molar-refractivity contribution in [2.75, 3.05) is 11.4 Å². The molecule has 25 heavy (non-hydrogen) atoms. The van der Waals surface area contributed by atoms with Gasteiger partial charge in [-0.2, -0.15) is 0 Å². The van der Waals surface area contributed by atoms with E-state index in [1.165, 1.54) is 37.7 Å². The lowest BCUT2D eigenvalue weighted by Crippen LogP contribution is -2.40. The Hall–Kier alpha value is -2.36. The summed E-state index contributed by atoms with van der Waals surface area (Å²) in [6.07, 6.45) is 6.29. The van der Waals surface area contributed by atoms with Gasteiger partial charge in [0.15, 0.2) is 5.82 Å². The van der Waals surface area contributed by atoms with E-state index in [2.05, 4.69) is 52.1 Å². The molecule has 1 aliphatic rings. The number of H-pyrrole nitrogens is 1. The molecule has 1 unspecified atom stereocenters. The molecule has 0 radical (unpaired) electrons. The molecule has 4 rings (SSSR count). The van der Waals surface area contributed by atoms with Gasteiger partial charge in [-0.25, -0.2) is 9.97 Å². The molecule has 4 heteroatoms. The van der Waals surface area contributed by atoms with Crippen LogP contribution in [-0.2, 0) is 0 Å². The van der Waals surface area contributed by atoms with Gasteiger partial charge in [0.05, 0.1) is 5.52 Å². The first-order valence-corrected chi connectivity index (χ1v) is 9.45. The minimum absolute atomic E-state index is 0.597. The number of nitrogens with zero attached hydrogens (tertiary/aromatic N) is 3. The average Bonchev–Trinajstić information content (AvgIpc) is 3.06. The molecule has 2 aromatic heterocycles. The van der Waals surface area contributed by atoms with Crippen LogP contribution in [0.5, 0.6) is 0 Å². The van der Waals surface area contributed by atoms with E-state index in [9.17, 15) is 0 Å². The molecule has 1 fully saturated rings. The van der Waals surface area contributed by atoms with Crippen molar-refractivity contribution in [3.63, 3.8) is 0 Å². The summed E-state index contributed by atoms with van der Waals surface area (Å²) in [6.45, 7) is 5.36. The maximum Gasteiger partial charge on any atom is 0.157 e. The number of aryl methyl sites for hydroxylation is 1. The van der Waals surface area contributed by atoms with Crippen LogP contribution in [0.1, 0.15) is 44.9 Å². The van der Waals surface area contributed by atoms with Crippen molar-refractivity contribution < 1.29 is 0 Å². The van der Waals surface area contributed by atoms with Gasteiger partial charge in [0.25, 0.3) is 0 Å². The molecule has 4 nitrogen and oxygen atoms in total. The second-order valence-electron chi connectivity index (χ2n) is 7.04. The van der Waals surface area contributed by atoms with Crippen LogP contribution < -0.4 is 4.90 Å². The Morgan fingerprint density at radius 2 is 2.00 bits per heavy atom. The highest BCUT2D eigenvalue weighted by atomic mass is 15.2. The standard InChI is InChI=1S/C21H26N4/c1-3-9-17-12-7-8-13-25(17)21-20-19(22-15(2)23-21)14-18(24-20)16-10-5-4-6-11-16/h4-6,10-11,14,17,24H,3,7-9,12-13H2,1-2H3. The Morgan fingerprint density at radius 3 is 2.80 bits per heavy atom. The number of hydrogen-bond donors (Lipinski definition) is 1. The van der Waals surface area contributed by atoms with Gasteiger partial charge in [-0.3, -0.25) is 0 Å².